The second-order valence-corrected chi connectivity index (χ2v) is 9.09. The molecule has 1 amide bonds. The summed E-state index contributed by atoms with van der Waals surface area (Å²) in [5, 5.41) is 3.34. The Morgan fingerprint density at radius 1 is 1.12 bits per heavy atom. The van der Waals surface area contributed by atoms with Crippen molar-refractivity contribution in [2.24, 2.45) is 0 Å². The average molecular weight is 478 g/mol. The fourth-order valence-corrected chi connectivity index (χ4v) is 4.29. The number of carbonyl (C=O) groups excluding carboxylic acids is 1. The van der Waals surface area contributed by atoms with Crippen LogP contribution in [0.5, 0.6) is 5.75 Å². The molecule has 0 radical (unpaired) electrons. The minimum Gasteiger partial charge on any atom is -0.487 e. The number of alkyl halides is 1. The Hall–Kier alpha value is -3.04. The number of fused-ring (bicyclic) bond motifs is 1. The number of aromatic nitrogens is 2. The number of carbonyl (C=O) groups is 1. The van der Waals surface area contributed by atoms with E-state index in [9.17, 15) is 18.0 Å². The third-order valence-electron chi connectivity index (χ3n) is 6.00. The van der Waals surface area contributed by atoms with Crippen LogP contribution in [0.3, 0.4) is 0 Å². The van der Waals surface area contributed by atoms with Gasteiger partial charge in [-0.1, -0.05) is 0 Å². The Labute approximate surface area is 197 Å². The van der Waals surface area contributed by atoms with E-state index >= 15 is 0 Å². The molecule has 1 N–H and O–H groups in total. The number of amides is 1. The maximum absolute atomic E-state index is 14.0. The van der Waals surface area contributed by atoms with E-state index in [0.29, 0.717) is 50.4 Å². The van der Waals surface area contributed by atoms with Crippen molar-refractivity contribution < 1.29 is 22.7 Å². The second-order valence-electron chi connectivity index (χ2n) is 9.09. The number of nitrogens with zero attached hydrogens (tertiary/aromatic N) is 4. The van der Waals surface area contributed by atoms with Crippen molar-refractivity contribution in [2.45, 2.75) is 64.9 Å². The fraction of sp³-hybridized carbons (Fsp3) is 0.542. The van der Waals surface area contributed by atoms with Gasteiger partial charge in [-0.3, -0.25) is 4.79 Å². The summed E-state index contributed by atoms with van der Waals surface area (Å²) < 4.78 is 46.4. The molecular weight excluding hydrogens is 447 g/mol. The lowest BCUT2D eigenvalue weighted by atomic mass is 10.1. The summed E-state index contributed by atoms with van der Waals surface area (Å²) in [5.74, 6) is -0.465. The molecule has 0 saturated carbocycles. The third kappa shape index (κ3) is 5.37. The van der Waals surface area contributed by atoms with Crippen molar-refractivity contribution in [3.63, 3.8) is 0 Å². The van der Waals surface area contributed by atoms with Gasteiger partial charge in [0, 0.05) is 51.0 Å². The number of rotatable bonds is 6. The highest BCUT2D eigenvalue weighted by atomic mass is 19.1. The highest BCUT2D eigenvalue weighted by Gasteiger charge is 2.30. The molecular formula is C24H30F3N5O2. The first kappa shape index (κ1) is 24.1. The molecule has 1 aromatic carbocycles. The summed E-state index contributed by atoms with van der Waals surface area (Å²) in [6.45, 7) is 7.17. The molecule has 0 bridgehead atoms. The van der Waals surface area contributed by atoms with E-state index in [4.69, 9.17) is 14.7 Å². The molecule has 1 fully saturated rings. The van der Waals surface area contributed by atoms with Gasteiger partial charge in [-0.25, -0.2) is 23.1 Å². The number of hydrogen-bond acceptors (Lipinski definition) is 6. The minimum atomic E-state index is -1.55. The minimum absolute atomic E-state index is 0.0530. The zero-order valence-corrected chi connectivity index (χ0v) is 19.7. The molecule has 1 unspecified atom stereocenters. The van der Waals surface area contributed by atoms with Crippen molar-refractivity contribution in [1.82, 2.24) is 14.9 Å². The molecule has 1 atom stereocenters. The van der Waals surface area contributed by atoms with Gasteiger partial charge >= 0.3 is 0 Å². The van der Waals surface area contributed by atoms with Gasteiger partial charge in [-0.2, -0.15) is 0 Å². The summed E-state index contributed by atoms with van der Waals surface area (Å²) in [6, 6.07) is 3.43. The maximum atomic E-state index is 14.0. The molecule has 184 valence electrons. The average Bonchev–Trinajstić information content (AvgIpc) is 2.79. The zero-order valence-electron chi connectivity index (χ0n) is 19.7. The van der Waals surface area contributed by atoms with Crippen LogP contribution in [0.2, 0.25) is 0 Å². The predicted molar refractivity (Wildman–Crippen MR) is 123 cm³/mol. The van der Waals surface area contributed by atoms with E-state index in [1.54, 1.807) is 0 Å². The molecule has 4 rings (SSSR count). The van der Waals surface area contributed by atoms with E-state index in [1.165, 1.54) is 24.0 Å². The van der Waals surface area contributed by atoms with E-state index in [0.717, 1.165) is 17.6 Å². The lowest BCUT2D eigenvalue weighted by molar-refractivity contribution is -0.136. The van der Waals surface area contributed by atoms with Crippen molar-refractivity contribution in [2.75, 3.05) is 29.9 Å². The molecule has 7 nitrogen and oxygen atoms in total. The van der Waals surface area contributed by atoms with Crippen LogP contribution in [0.4, 0.5) is 24.8 Å². The van der Waals surface area contributed by atoms with Crippen LogP contribution in [-0.2, 0) is 17.8 Å². The molecule has 34 heavy (non-hydrogen) atoms. The van der Waals surface area contributed by atoms with Crippen LogP contribution in [0.15, 0.2) is 18.2 Å². The molecule has 0 aliphatic carbocycles. The molecule has 3 heterocycles. The van der Waals surface area contributed by atoms with Crippen molar-refractivity contribution >= 4 is 17.5 Å². The lowest BCUT2D eigenvalue weighted by Gasteiger charge is -2.35. The maximum Gasteiger partial charge on any atom is 0.257 e. The van der Waals surface area contributed by atoms with Gasteiger partial charge in [0.05, 0.1) is 17.9 Å². The van der Waals surface area contributed by atoms with Crippen LogP contribution in [0, 0.1) is 11.6 Å². The Balaban J connectivity index is 1.49. The number of hydrogen-bond donors (Lipinski definition) is 1. The number of ether oxygens (including phenoxy) is 1. The fourth-order valence-electron chi connectivity index (χ4n) is 4.29. The molecule has 1 saturated heterocycles. The Bertz CT molecular complexity index is 1040. The van der Waals surface area contributed by atoms with Gasteiger partial charge in [-0.15, -0.1) is 0 Å². The number of benzene rings is 1. The molecule has 2 aromatic rings. The van der Waals surface area contributed by atoms with Crippen LogP contribution in [0.1, 0.15) is 45.0 Å². The first-order chi connectivity index (χ1) is 16.2. The topological polar surface area (TPSA) is 70.6 Å². The normalized spacial score (nSPS) is 17.5. The van der Waals surface area contributed by atoms with Gasteiger partial charge in [-0.05, 0) is 32.9 Å². The second kappa shape index (κ2) is 10.1. The largest absolute Gasteiger partial charge is 0.487 e. The van der Waals surface area contributed by atoms with Crippen LogP contribution >= 0.6 is 0 Å². The standard InChI is InChI=1S/C24H30F3N5O2/c1-14(2)28-22-23(30-19-8-11-32(13-20(19)29-22)24(33)15(3)25)31-9-6-17(7-10-31)34-21-5-4-16(26)12-18(21)27/h4-5,12,14-15,17H,6-11,13H2,1-3H3,(H,28,29). The number of anilines is 2. The van der Waals surface area contributed by atoms with E-state index in [2.05, 4.69) is 10.2 Å². The molecule has 0 spiro atoms. The summed E-state index contributed by atoms with van der Waals surface area (Å²) in [6.07, 6.45) is 0.0689. The van der Waals surface area contributed by atoms with Crippen LogP contribution in [-0.4, -0.2) is 58.7 Å². The Morgan fingerprint density at radius 2 is 1.85 bits per heavy atom. The summed E-state index contributed by atoms with van der Waals surface area (Å²) in [5.41, 5.74) is 1.49. The first-order valence-corrected chi connectivity index (χ1v) is 11.7. The first-order valence-electron chi connectivity index (χ1n) is 11.7. The van der Waals surface area contributed by atoms with Crippen molar-refractivity contribution in [3.8, 4) is 5.75 Å². The van der Waals surface area contributed by atoms with Crippen LogP contribution < -0.4 is 15.0 Å². The SMILES string of the molecule is CC(C)Nc1nc2c(nc1N1CCC(Oc3ccc(F)cc3F)CC1)CCN(C(=O)C(C)F)C2. The summed E-state index contributed by atoms with van der Waals surface area (Å²) >= 11 is 0. The monoisotopic (exact) mass is 477 g/mol. The number of halogens is 3. The Kier molecular flexibility index (Phi) is 7.13. The van der Waals surface area contributed by atoms with Gasteiger partial charge < -0.3 is 19.9 Å². The molecule has 2 aliphatic rings. The predicted octanol–water partition coefficient (Wildman–Crippen LogP) is 3.87. The Morgan fingerprint density at radius 3 is 2.50 bits per heavy atom. The molecule has 10 heteroatoms. The van der Waals surface area contributed by atoms with Crippen molar-refractivity contribution in [1.29, 1.82) is 0 Å². The quantitative estimate of drug-likeness (QED) is 0.681. The smallest absolute Gasteiger partial charge is 0.257 e. The molecule has 1 aromatic heterocycles. The lowest BCUT2D eigenvalue weighted by Crippen LogP contribution is -2.42. The van der Waals surface area contributed by atoms with Gasteiger partial charge in [0.2, 0.25) is 0 Å². The summed E-state index contributed by atoms with van der Waals surface area (Å²) in [4.78, 5) is 25.4. The third-order valence-corrected chi connectivity index (χ3v) is 6.00. The van der Waals surface area contributed by atoms with E-state index in [1.807, 2.05) is 13.8 Å². The highest BCUT2D eigenvalue weighted by Crippen LogP contribution is 2.31. The van der Waals surface area contributed by atoms with Crippen molar-refractivity contribution in [3.05, 3.63) is 41.2 Å². The molecule has 2 aliphatic heterocycles. The summed E-state index contributed by atoms with van der Waals surface area (Å²) in [7, 11) is 0. The zero-order chi connectivity index (χ0) is 24.4. The van der Waals surface area contributed by atoms with Gasteiger partial charge in [0.1, 0.15) is 11.9 Å². The number of nitrogens with one attached hydrogen (secondary N) is 1. The highest BCUT2D eigenvalue weighted by molar-refractivity contribution is 5.80. The number of piperidine rings is 1. The van der Waals surface area contributed by atoms with E-state index < -0.39 is 23.7 Å². The van der Waals surface area contributed by atoms with E-state index in [-0.39, 0.29) is 24.4 Å². The van der Waals surface area contributed by atoms with Gasteiger partial charge in [0.25, 0.3) is 5.91 Å². The van der Waals surface area contributed by atoms with Gasteiger partial charge in [0.15, 0.2) is 29.4 Å². The van der Waals surface area contributed by atoms with Crippen LogP contribution in [0.25, 0.3) is 0 Å².